The molecule has 0 aromatic heterocycles. The molecule has 0 saturated carbocycles. The molecule has 1 heterocycles. The quantitative estimate of drug-likeness (QED) is 0.258. The van der Waals surface area contributed by atoms with Crippen molar-refractivity contribution in [2.45, 2.75) is 83.8 Å². The Labute approximate surface area is 247 Å². The highest BCUT2D eigenvalue weighted by Gasteiger charge is 2.52. The van der Waals surface area contributed by atoms with Gasteiger partial charge in [-0.15, -0.1) is 0 Å². The summed E-state index contributed by atoms with van der Waals surface area (Å²) in [6, 6.07) is 12.2. The van der Waals surface area contributed by atoms with Crippen molar-refractivity contribution in [3.63, 3.8) is 0 Å². The van der Waals surface area contributed by atoms with E-state index in [4.69, 9.17) is 18.9 Å². The molecule has 2 aromatic rings. The lowest BCUT2D eigenvalue weighted by atomic mass is 9.74. The first kappa shape index (κ1) is 32.4. The van der Waals surface area contributed by atoms with Crippen LogP contribution in [0.3, 0.4) is 0 Å². The van der Waals surface area contributed by atoms with Crippen LogP contribution in [0.4, 0.5) is 5.69 Å². The van der Waals surface area contributed by atoms with Crippen LogP contribution in [0, 0.1) is 0 Å². The first-order valence-corrected chi connectivity index (χ1v) is 13.9. The molecule has 1 aliphatic rings. The molecule has 226 valence electrons. The number of imide groups is 1. The Morgan fingerprint density at radius 2 is 1.36 bits per heavy atom. The SMILES string of the molecule is COc1ccc(C=CC(=O)N2C(=O)C(CCC(=O)OC(C)(C)C)(CCC(=O)OC(C)(C)C)c3ccccc32)cc1OC. The van der Waals surface area contributed by atoms with Crippen LogP contribution < -0.4 is 14.4 Å². The molecule has 42 heavy (non-hydrogen) atoms. The van der Waals surface area contributed by atoms with Crippen molar-refractivity contribution in [1.29, 1.82) is 0 Å². The van der Waals surface area contributed by atoms with Gasteiger partial charge in [-0.05, 0) is 89.8 Å². The average molecular weight is 580 g/mol. The zero-order chi connectivity index (χ0) is 31.3. The molecule has 9 heteroatoms. The Morgan fingerprint density at radius 1 is 0.810 bits per heavy atom. The Bertz CT molecular complexity index is 1330. The number of nitrogens with zero attached hydrogens (tertiary/aromatic N) is 1. The van der Waals surface area contributed by atoms with Crippen LogP contribution in [-0.4, -0.2) is 49.2 Å². The number of carbonyl (C=O) groups excluding carboxylic acids is 4. The van der Waals surface area contributed by atoms with Crippen LogP contribution in [0.1, 0.15) is 78.4 Å². The molecular weight excluding hydrogens is 538 g/mol. The van der Waals surface area contributed by atoms with Gasteiger partial charge in [-0.1, -0.05) is 24.3 Å². The van der Waals surface area contributed by atoms with Crippen molar-refractivity contribution >= 4 is 35.5 Å². The lowest BCUT2D eigenvalue weighted by molar-refractivity contribution is -0.155. The van der Waals surface area contributed by atoms with Crippen molar-refractivity contribution in [3.05, 3.63) is 59.7 Å². The summed E-state index contributed by atoms with van der Waals surface area (Å²) in [5.74, 6) is -0.955. The predicted octanol–water partition coefficient (Wildman–Crippen LogP) is 5.77. The number of anilines is 1. The van der Waals surface area contributed by atoms with Gasteiger partial charge in [0.15, 0.2) is 11.5 Å². The van der Waals surface area contributed by atoms with Crippen LogP contribution in [0.2, 0.25) is 0 Å². The zero-order valence-corrected chi connectivity index (χ0v) is 25.7. The summed E-state index contributed by atoms with van der Waals surface area (Å²) in [6.07, 6.45) is 2.87. The minimum atomic E-state index is -1.31. The second-order valence-electron chi connectivity index (χ2n) is 12.2. The normalized spacial score (nSPS) is 14.5. The Hall–Kier alpha value is -4.14. The van der Waals surface area contributed by atoms with E-state index in [2.05, 4.69) is 0 Å². The van der Waals surface area contributed by atoms with Gasteiger partial charge in [0.2, 0.25) is 5.91 Å². The van der Waals surface area contributed by atoms with Crippen molar-refractivity contribution in [2.24, 2.45) is 0 Å². The number of fused-ring (bicyclic) bond motifs is 1. The molecule has 0 spiro atoms. The molecule has 0 N–H and O–H groups in total. The third-order valence-electron chi connectivity index (χ3n) is 6.67. The van der Waals surface area contributed by atoms with Crippen molar-refractivity contribution in [2.75, 3.05) is 19.1 Å². The minimum Gasteiger partial charge on any atom is -0.493 e. The summed E-state index contributed by atoms with van der Waals surface area (Å²) in [6.45, 7) is 10.6. The molecule has 2 aromatic carbocycles. The predicted molar refractivity (Wildman–Crippen MR) is 159 cm³/mol. The fourth-order valence-corrected chi connectivity index (χ4v) is 4.95. The fraction of sp³-hybridized carbons (Fsp3) is 0.455. The Kier molecular flexibility index (Phi) is 9.86. The molecule has 0 fully saturated rings. The zero-order valence-electron chi connectivity index (χ0n) is 25.7. The van der Waals surface area contributed by atoms with E-state index in [-0.39, 0.29) is 25.7 Å². The van der Waals surface area contributed by atoms with Crippen LogP contribution in [0.15, 0.2) is 48.5 Å². The van der Waals surface area contributed by atoms with E-state index in [1.807, 2.05) is 0 Å². The molecular formula is C33H41NO8. The number of hydrogen-bond acceptors (Lipinski definition) is 8. The van der Waals surface area contributed by atoms with Crippen molar-refractivity contribution in [3.8, 4) is 11.5 Å². The second kappa shape index (κ2) is 12.8. The maximum Gasteiger partial charge on any atom is 0.306 e. The summed E-state index contributed by atoms with van der Waals surface area (Å²) in [7, 11) is 3.05. The molecule has 0 aliphatic carbocycles. The third-order valence-corrected chi connectivity index (χ3v) is 6.67. The fourth-order valence-electron chi connectivity index (χ4n) is 4.95. The monoisotopic (exact) mass is 579 g/mol. The topological polar surface area (TPSA) is 108 Å². The molecule has 1 aliphatic heterocycles. The standard InChI is InChI=1S/C33H41NO8/c1-31(2,3)41-28(36)17-19-33(20-18-29(37)42-32(4,5)6)23-11-9-10-12-24(23)34(30(33)38)27(35)16-14-22-13-15-25(39-7)26(21-22)40-8/h9-16,21H,17-20H2,1-8H3. The highest BCUT2D eigenvalue weighted by molar-refractivity contribution is 6.26. The molecule has 0 saturated heterocycles. The van der Waals surface area contributed by atoms with Gasteiger partial charge in [-0.3, -0.25) is 19.2 Å². The molecule has 9 nitrogen and oxygen atoms in total. The smallest absolute Gasteiger partial charge is 0.306 e. The van der Waals surface area contributed by atoms with E-state index in [0.717, 1.165) is 4.90 Å². The first-order valence-electron chi connectivity index (χ1n) is 13.9. The Balaban J connectivity index is 1.97. The van der Waals surface area contributed by atoms with Crippen molar-refractivity contribution < 1.29 is 38.1 Å². The van der Waals surface area contributed by atoms with Gasteiger partial charge >= 0.3 is 11.9 Å². The molecule has 0 unspecified atom stereocenters. The van der Waals surface area contributed by atoms with Crippen LogP contribution in [0.5, 0.6) is 11.5 Å². The summed E-state index contributed by atoms with van der Waals surface area (Å²) >= 11 is 0. The molecule has 2 amide bonds. The molecule has 0 radical (unpaired) electrons. The molecule has 0 atom stereocenters. The lowest BCUT2D eigenvalue weighted by Crippen LogP contribution is -2.43. The van der Waals surface area contributed by atoms with Crippen LogP contribution in [-0.2, 0) is 34.1 Å². The van der Waals surface area contributed by atoms with Gasteiger partial charge < -0.3 is 18.9 Å². The van der Waals surface area contributed by atoms with Gasteiger partial charge in [0.25, 0.3) is 5.91 Å². The van der Waals surface area contributed by atoms with E-state index >= 15 is 0 Å². The third kappa shape index (κ3) is 7.78. The number of carbonyl (C=O) groups is 4. The van der Waals surface area contributed by atoms with Gasteiger partial charge in [-0.25, -0.2) is 4.90 Å². The number of hydrogen-bond donors (Lipinski definition) is 0. The maximum absolute atomic E-state index is 14.2. The minimum absolute atomic E-state index is 0.0593. The van der Waals surface area contributed by atoms with Gasteiger partial charge in [0.1, 0.15) is 11.2 Å². The molecule has 3 rings (SSSR count). The van der Waals surface area contributed by atoms with E-state index in [0.29, 0.717) is 28.3 Å². The van der Waals surface area contributed by atoms with E-state index < -0.39 is 40.4 Å². The van der Waals surface area contributed by atoms with E-state index in [9.17, 15) is 19.2 Å². The van der Waals surface area contributed by atoms with Crippen LogP contribution in [0.25, 0.3) is 6.08 Å². The number of methoxy groups -OCH3 is 2. The van der Waals surface area contributed by atoms with Crippen LogP contribution >= 0.6 is 0 Å². The highest BCUT2D eigenvalue weighted by atomic mass is 16.6. The Morgan fingerprint density at radius 3 is 1.88 bits per heavy atom. The average Bonchev–Trinajstić information content (AvgIpc) is 3.15. The number of amides is 2. The number of ether oxygens (including phenoxy) is 4. The summed E-state index contributed by atoms with van der Waals surface area (Å²) < 4.78 is 21.6. The highest BCUT2D eigenvalue weighted by Crippen LogP contribution is 2.48. The van der Waals surface area contributed by atoms with Gasteiger partial charge in [0, 0.05) is 18.9 Å². The maximum atomic E-state index is 14.2. The second-order valence-corrected chi connectivity index (χ2v) is 12.2. The van der Waals surface area contributed by atoms with Crippen molar-refractivity contribution in [1.82, 2.24) is 0 Å². The largest absolute Gasteiger partial charge is 0.493 e. The number of para-hydroxylation sites is 1. The van der Waals surface area contributed by atoms with E-state index in [1.165, 1.54) is 20.3 Å². The lowest BCUT2D eigenvalue weighted by Gasteiger charge is -2.29. The summed E-state index contributed by atoms with van der Waals surface area (Å²) in [5.41, 5.74) is -1.04. The number of benzene rings is 2. The number of rotatable bonds is 10. The van der Waals surface area contributed by atoms with Gasteiger partial charge in [-0.2, -0.15) is 0 Å². The number of esters is 2. The first-order chi connectivity index (χ1) is 19.6. The summed E-state index contributed by atoms with van der Waals surface area (Å²) in [4.78, 5) is 54.4. The van der Waals surface area contributed by atoms with Gasteiger partial charge in [0.05, 0.1) is 25.3 Å². The summed E-state index contributed by atoms with van der Waals surface area (Å²) in [5, 5.41) is 0. The van der Waals surface area contributed by atoms with E-state index in [1.54, 1.807) is 90.1 Å². The molecule has 0 bridgehead atoms.